The van der Waals surface area contributed by atoms with Crippen molar-refractivity contribution in [3.8, 4) is 16.9 Å². The molecule has 0 spiro atoms. The number of imide groups is 1. The van der Waals surface area contributed by atoms with Gasteiger partial charge in [-0.3, -0.25) is 43.7 Å². The number of carboxylic acid groups (broad SMARTS) is 2. The number of nitrogens with zero attached hydrogens (tertiary/aromatic N) is 7. The number of aliphatic carboxylic acids is 1. The molecule has 33 heteroatoms. The zero-order valence-electron chi connectivity index (χ0n) is 65.1. The molecule has 6 heterocycles. The summed E-state index contributed by atoms with van der Waals surface area (Å²) < 4.78 is 27.3. The molecule has 4 aromatic carbocycles. The number of hydrogen-bond donors (Lipinski definition) is 11. The lowest BCUT2D eigenvalue weighted by atomic mass is 9.60. The number of unbranched alkanes of at least 4 members (excludes halogenated alkanes) is 2. The Bertz CT molecular complexity index is 4890. The Morgan fingerprint density at radius 3 is 2.25 bits per heavy atom. The average molecular weight is 1610 g/mol. The number of ether oxygens (including phenoxy) is 4. The number of aliphatic hydroxyl groups excluding tert-OH is 3. The van der Waals surface area contributed by atoms with E-state index in [0.717, 1.165) is 57.6 Å². The predicted molar refractivity (Wildman–Crippen MR) is 423 cm³/mol. The molecule has 4 aliphatic carbocycles. The highest BCUT2D eigenvalue weighted by atomic mass is 32.1. The van der Waals surface area contributed by atoms with Crippen LogP contribution >= 0.6 is 11.3 Å². The summed E-state index contributed by atoms with van der Waals surface area (Å²) in [5.41, 5.74) is 10.3. The third kappa shape index (κ3) is 18.4. The van der Waals surface area contributed by atoms with Crippen LogP contribution in [0.4, 0.5) is 26.2 Å². The Labute approximate surface area is 672 Å². The fraction of sp³-hybridized carbons (Fsp3) is 0.458. The summed E-state index contributed by atoms with van der Waals surface area (Å²) in [5, 5.41) is 71.2. The number of primary amides is 1. The largest absolute Gasteiger partial charge is 0.479 e. The number of aliphatic hydroxyl groups is 3. The number of amides is 9. The molecule has 5 fully saturated rings. The minimum Gasteiger partial charge on any atom is -0.479 e. The molecule has 4 saturated carbocycles. The van der Waals surface area contributed by atoms with E-state index in [-0.39, 0.29) is 104 Å². The number of anilines is 3. The van der Waals surface area contributed by atoms with Gasteiger partial charge in [-0.05, 0) is 170 Å². The zero-order chi connectivity index (χ0) is 82.5. The maximum absolute atomic E-state index is 14.6. The highest BCUT2D eigenvalue weighted by molar-refractivity contribution is 7.22. The summed E-state index contributed by atoms with van der Waals surface area (Å²) in [7, 11) is 0. The SMILES string of the molecule is Cc1c(-c2ccc(N3CCc4cccc(C(=O)Nc5nc6ccccc6s5)c4C3)nc2C(=O)O)cnn1CC12CC3(C)CC(C)(C1)C(OCCN(Cc1ccc(O[C@H]4O[C@H](C(=O)O)[C@@H](O)[C@H](O)[C@H]4O)cc1)C(=O)OCc1ccc(NC(=O)[C@H](CCCNC(N)=O)NC(=O)[C@@H](NC(=O)CCCCCN4C(=O)C=CC4=O)C(C)C)cc1)(C3)C2. The zero-order valence-corrected chi connectivity index (χ0v) is 65.9. The Morgan fingerprint density at radius 2 is 1.53 bits per heavy atom. The van der Waals surface area contributed by atoms with Crippen LogP contribution < -0.4 is 42.0 Å². The molecule has 32 nitrogen and oxygen atoms in total. The summed E-state index contributed by atoms with van der Waals surface area (Å²) in [6, 6.07) is 26.8. The summed E-state index contributed by atoms with van der Waals surface area (Å²) in [4.78, 5) is 144. The first-order valence-corrected chi connectivity index (χ1v) is 39.8. The number of urea groups is 1. The number of nitrogens with one attached hydrogen (secondary N) is 5. The molecule has 3 aliphatic heterocycles. The van der Waals surface area contributed by atoms with Crippen LogP contribution in [0, 0.1) is 29.1 Å². The molecule has 4 unspecified atom stereocenters. The number of carbonyl (C=O) groups excluding carboxylic acids is 8. The number of hydrogen-bond acceptors (Lipinski definition) is 22. The van der Waals surface area contributed by atoms with E-state index in [1.807, 2.05) is 59.0 Å². The lowest BCUT2D eigenvalue weighted by molar-refractivity contribution is -0.271. The monoisotopic (exact) mass is 1610 g/mol. The molecule has 614 valence electrons. The Balaban J connectivity index is 0.663. The van der Waals surface area contributed by atoms with E-state index in [1.165, 1.54) is 40.5 Å². The third-order valence-electron chi connectivity index (χ3n) is 23.2. The maximum atomic E-state index is 14.6. The number of para-hydroxylation sites is 1. The summed E-state index contributed by atoms with van der Waals surface area (Å²) >= 11 is 1.39. The van der Waals surface area contributed by atoms with Crippen LogP contribution in [0.3, 0.4) is 0 Å². The minimum absolute atomic E-state index is 0.00881. The number of carbonyl (C=O) groups is 10. The van der Waals surface area contributed by atoms with Crippen molar-refractivity contribution in [3.05, 3.63) is 161 Å². The molecule has 7 aromatic rings. The molecular weight excluding hydrogens is 1520 g/mol. The molecule has 0 radical (unpaired) electrons. The van der Waals surface area contributed by atoms with E-state index >= 15 is 0 Å². The molecule has 116 heavy (non-hydrogen) atoms. The van der Waals surface area contributed by atoms with E-state index < -0.39 is 96.1 Å². The third-order valence-corrected chi connectivity index (χ3v) is 24.1. The first kappa shape index (κ1) is 82.7. The van der Waals surface area contributed by atoms with Gasteiger partial charge < -0.3 is 81.3 Å². The van der Waals surface area contributed by atoms with Gasteiger partial charge in [-0.15, -0.1) is 0 Å². The lowest BCUT2D eigenvalue weighted by Gasteiger charge is -2.46. The quantitative estimate of drug-likeness (QED) is 0.0136. The minimum atomic E-state index is -1.93. The maximum Gasteiger partial charge on any atom is 0.410 e. The van der Waals surface area contributed by atoms with Crippen molar-refractivity contribution in [1.29, 1.82) is 0 Å². The number of thiazole rings is 1. The number of fused-ring (bicyclic) bond motifs is 2. The number of pyridine rings is 1. The van der Waals surface area contributed by atoms with Crippen molar-refractivity contribution < 1.29 is 92.4 Å². The van der Waals surface area contributed by atoms with Gasteiger partial charge >= 0.3 is 24.1 Å². The highest BCUT2D eigenvalue weighted by Gasteiger charge is 2.74. The Hall–Kier alpha value is -11.2. The fourth-order valence-corrected chi connectivity index (χ4v) is 18.9. The molecule has 7 aliphatic rings. The van der Waals surface area contributed by atoms with Crippen molar-refractivity contribution in [2.45, 2.75) is 186 Å². The van der Waals surface area contributed by atoms with Gasteiger partial charge in [-0.25, -0.2) is 29.1 Å². The van der Waals surface area contributed by atoms with Gasteiger partial charge in [-0.2, -0.15) is 5.10 Å². The fourth-order valence-electron chi connectivity index (χ4n) is 18.1. The molecule has 14 rings (SSSR count). The van der Waals surface area contributed by atoms with Gasteiger partial charge in [0, 0.05) is 92.5 Å². The Morgan fingerprint density at radius 1 is 0.776 bits per heavy atom. The van der Waals surface area contributed by atoms with Crippen molar-refractivity contribution in [2.24, 2.45) is 27.9 Å². The smallest absolute Gasteiger partial charge is 0.410 e. The van der Waals surface area contributed by atoms with Crippen LogP contribution in [-0.2, 0) is 75.6 Å². The molecule has 3 aromatic heterocycles. The van der Waals surface area contributed by atoms with Crippen LogP contribution in [-0.4, -0.2) is 196 Å². The second-order valence-electron chi connectivity index (χ2n) is 32.2. The number of carboxylic acids is 2. The molecule has 11 atom stereocenters. The van der Waals surface area contributed by atoms with E-state index in [4.69, 9.17) is 34.8 Å². The first-order chi connectivity index (χ1) is 55.4. The summed E-state index contributed by atoms with van der Waals surface area (Å²) in [6.07, 6.45) is 0.741. The topological polar surface area (TPSA) is 448 Å². The normalized spacial score (nSPS) is 23.6. The van der Waals surface area contributed by atoms with Gasteiger partial charge in [0.2, 0.25) is 24.0 Å². The molecule has 4 bridgehead atoms. The summed E-state index contributed by atoms with van der Waals surface area (Å²) in [5.74, 6) is -5.28. The molecule has 9 amide bonds. The standard InChI is InChI=1S/C83H97N13O19S/c1-47(2)65(91-62(97)18-7-6-10-33-95-63(98)29-30-64(95)99)73(105)88-59(16-12-32-85-77(84)110)72(104)87-52-23-19-50(20-24-52)40-112-79(111)94(38-49-21-25-53(26-22-49)114-76-69(102)67(100)68(101)70(115-76)75(108)109)35-36-113-83-43-80(4)41-81(83,5)44-82(42-80,45-83)46-96-48(3)56(37-86-96)54-27-28-61(90-66(54)74(106)107)93-34-31-51-13-11-14-55(57(51)39-93)71(103)92-78-89-58-15-8-9-17-60(58)116-78/h8-9,11,13-15,17,19-30,37,47,59,65,67-70,76,100-102H,6-7,10,12,16,18,31-36,38-46H2,1-5H3,(H,87,104)(H,88,105)(H,91,97)(H,106,107)(H,108,109)(H3,84,85,110)(H,89,92,103)/t59-,65-,67-,68-,69+,70-,76-,80?,81?,82?,83?/m0/s1. The second kappa shape index (κ2) is 34.7. The number of benzene rings is 4. The van der Waals surface area contributed by atoms with E-state index in [0.29, 0.717) is 96.2 Å². The lowest BCUT2D eigenvalue weighted by Crippen LogP contribution is -2.61. The van der Waals surface area contributed by atoms with Gasteiger partial charge in [0.25, 0.3) is 17.7 Å². The van der Waals surface area contributed by atoms with Crippen molar-refractivity contribution >= 4 is 97.7 Å². The summed E-state index contributed by atoms with van der Waals surface area (Å²) in [6.45, 7) is 11.7. The van der Waals surface area contributed by atoms with Crippen LogP contribution in [0.2, 0.25) is 0 Å². The number of nitrogens with two attached hydrogens (primary N) is 1. The van der Waals surface area contributed by atoms with Crippen LogP contribution in [0.5, 0.6) is 5.75 Å². The average Bonchev–Trinajstić information content (AvgIpc) is 1.50. The highest BCUT2D eigenvalue weighted by Crippen LogP contribution is 2.77. The van der Waals surface area contributed by atoms with Crippen molar-refractivity contribution in [2.75, 3.05) is 48.3 Å². The molecule has 1 saturated heterocycles. The van der Waals surface area contributed by atoms with E-state index in [1.54, 1.807) is 68.6 Å². The van der Waals surface area contributed by atoms with Crippen molar-refractivity contribution in [3.63, 3.8) is 0 Å². The second-order valence-corrected chi connectivity index (χ2v) is 33.3. The van der Waals surface area contributed by atoms with Crippen molar-refractivity contribution in [1.82, 2.24) is 45.5 Å². The van der Waals surface area contributed by atoms with Crippen LogP contribution in [0.1, 0.15) is 147 Å². The number of aromatic carboxylic acids is 1. The number of aromatic nitrogens is 4. The predicted octanol–water partition coefficient (Wildman–Crippen LogP) is 7.73. The number of rotatable bonds is 34. The Kier molecular flexibility index (Phi) is 24.7. The van der Waals surface area contributed by atoms with Gasteiger partial charge in [0.1, 0.15) is 48.6 Å². The molecular formula is C83H97N13O19S. The first-order valence-electron chi connectivity index (χ1n) is 39.0. The van der Waals surface area contributed by atoms with E-state index in [9.17, 15) is 73.5 Å². The van der Waals surface area contributed by atoms with Crippen LogP contribution in [0.15, 0.2) is 121 Å². The van der Waals surface area contributed by atoms with Gasteiger partial charge in [0.05, 0.1) is 28.6 Å². The van der Waals surface area contributed by atoms with Gasteiger partial charge in [-0.1, -0.05) is 94.0 Å². The van der Waals surface area contributed by atoms with E-state index in [2.05, 4.69) is 45.4 Å². The molecule has 12 N–H and O–H groups in total. The van der Waals surface area contributed by atoms with Crippen LogP contribution in [0.25, 0.3) is 21.3 Å². The van der Waals surface area contributed by atoms with Gasteiger partial charge in [0.15, 0.2) is 16.9 Å².